The number of carbonyl (C=O) groups excluding carboxylic acids is 1. The van der Waals surface area contributed by atoms with Gasteiger partial charge in [-0.15, -0.1) is 0 Å². The lowest BCUT2D eigenvalue weighted by molar-refractivity contribution is -0.117. The molecule has 0 N–H and O–H groups in total. The zero-order valence-corrected chi connectivity index (χ0v) is 15.7. The Morgan fingerprint density at radius 2 is 2.07 bits per heavy atom. The Morgan fingerprint density at radius 3 is 2.81 bits per heavy atom. The zero-order valence-electron chi connectivity index (χ0n) is 15.0. The molecular weight excluding hydrogens is 366 g/mol. The fourth-order valence-electron chi connectivity index (χ4n) is 3.28. The summed E-state index contributed by atoms with van der Waals surface area (Å²) in [5.74, 6) is 1.47. The van der Waals surface area contributed by atoms with E-state index in [0.717, 1.165) is 16.8 Å². The number of hydrogen-bond acceptors (Lipinski definition) is 5. The summed E-state index contributed by atoms with van der Waals surface area (Å²) in [4.78, 5) is 18.7. The minimum atomic E-state index is -0.125. The molecule has 1 aliphatic heterocycles. The Morgan fingerprint density at radius 1 is 1.26 bits per heavy atom. The van der Waals surface area contributed by atoms with Crippen LogP contribution in [0.3, 0.4) is 0 Å². The van der Waals surface area contributed by atoms with Gasteiger partial charge in [0.2, 0.25) is 5.91 Å². The average molecular weight is 384 g/mol. The summed E-state index contributed by atoms with van der Waals surface area (Å²) in [6.07, 6.45) is 0.330. The number of aromatic nitrogens is 2. The Balaban J connectivity index is 1.56. The van der Waals surface area contributed by atoms with Crippen LogP contribution in [0.15, 0.2) is 47.0 Å². The lowest BCUT2D eigenvalue weighted by Gasteiger charge is -2.17. The van der Waals surface area contributed by atoms with Crippen molar-refractivity contribution in [3.8, 4) is 17.2 Å². The van der Waals surface area contributed by atoms with E-state index in [1.807, 2.05) is 37.3 Å². The molecule has 1 unspecified atom stereocenters. The van der Waals surface area contributed by atoms with E-state index in [9.17, 15) is 4.79 Å². The molecule has 2 aromatic carbocycles. The number of halogens is 1. The highest BCUT2D eigenvalue weighted by Crippen LogP contribution is 2.35. The van der Waals surface area contributed by atoms with Crippen molar-refractivity contribution >= 4 is 23.2 Å². The molecule has 3 aromatic rings. The number of rotatable bonds is 4. The van der Waals surface area contributed by atoms with Crippen LogP contribution >= 0.6 is 11.6 Å². The maximum absolute atomic E-state index is 12.5. The van der Waals surface area contributed by atoms with Crippen molar-refractivity contribution in [3.05, 3.63) is 58.9 Å². The Kier molecular flexibility index (Phi) is 4.58. The first kappa shape index (κ1) is 17.5. The number of hydrogen-bond donors (Lipinski definition) is 0. The van der Waals surface area contributed by atoms with Crippen LogP contribution in [0.1, 0.15) is 23.7 Å². The lowest BCUT2D eigenvalue weighted by atomic mass is 10.1. The third-order valence-corrected chi connectivity index (χ3v) is 5.05. The predicted octanol–water partition coefficient (Wildman–Crippen LogP) is 4.23. The van der Waals surface area contributed by atoms with Crippen molar-refractivity contribution in [1.82, 2.24) is 10.1 Å². The van der Waals surface area contributed by atoms with Gasteiger partial charge in [0.15, 0.2) is 5.82 Å². The van der Waals surface area contributed by atoms with Gasteiger partial charge in [-0.05, 0) is 36.8 Å². The third-order valence-electron chi connectivity index (χ3n) is 4.75. The number of nitrogens with zero attached hydrogens (tertiary/aromatic N) is 3. The fraction of sp³-hybridized carbons (Fsp3) is 0.250. The number of carbonyl (C=O) groups is 1. The summed E-state index contributed by atoms with van der Waals surface area (Å²) < 4.78 is 10.6. The van der Waals surface area contributed by atoms with E-state index in [1.54, 1.807) is 24.1 Å². The van der Waals surface area contributed by atoms with Crippen molar-refractivity contribution in [3.63, 3.8) is 0 Å². The molecule has 7 heteroatoms. The second-order valence-corrected chi connectivity index (χ2v) is 6.90. The molecule has 1 aliphatic rings. The molecular formula is C20H18ClN3O3. The molecule has 1 aromatic heterocycles. The lowest BCUT2D eigenvalue weighted by Crippen LogP contribution is -2.24. The van der Waals surface area contributed by atoms with Gasteiger partial charge in [0.05, 0.1) is 12.1 Å². The normalized spacial score (nSPS) is 16.8. The highest BCUT2D eigenvalue weighted by atomic mass is 35.5. The van der Waals surface area contributed by atoms with Gasteiger partial charge < -0.3 is 14.2 Å². The van der Waals surface area contributed by atoms with Crippen LogP contribution in [0.4, 0.5) is 5.69 Å². The Hall–Kier alpha value is -2.86. The topological polar surface area (TPSA) is 68.5 Å². The van der Waals surface area contributed by atoms with Crippen molar-refractivity contribution in [1.29, 1.82) is 0 Å². The van der Waals surface area contributed by atoms with Gasteiger partial charge in [-0.2, -0.15) is 4.98 Å². The first-order valence-corrected chi connectivity index (χ1v) is 8.98. The molecule has 2 heterocycles. The predicted molar refractivity (Wildman–Crippen MR) is 102 cm³/mol. The zero-order chi connectivity index (χ0) is 19.0. The Labute approximate surface area is 161 Å². The summed E-state index contributed by atoms with van der Waals surface area (Å²) in [6.45, 7) is 2.47. The van der Waals surface area contributed by atoms with Crippen molar-refractivity contribution in [2.75, 3.05) is 18.6 Å². The van der Waals surface area contributed by atoms with Gasteiger partial charge >= 0.3 is 0 Å². The van der Waals surface area contributed by atoms with Crippen LogP contribution in [0.5, 0.6) is 5.75 Å². The number of amides is 1. The first-order chi connectivity index (χ1) is 13.1. The maximum Gasteiger partial charge on any atom is 0.258 e. The number of ether oxygens (including phenoxy) is 1. The molecule has 1 amide bonds. The summed E-state index contributed by atoms with van der Waals surface area (Å²) in [7, 11) is 1.56. The number of benzene rings is 2. The largest absolute Gasteiger partial charge is 0.495 e. The van der Waals surface area contributed by atoms with Crippen LogP contribution in [-0.4, -0.2) is 29.7 Å². The van der Waals surface area contributed by atoms with Crippen LogP contribution in [0.25, 0.3) is 11.5 Å². The van der Waals surface area contributed by atoms with Gasteiger partial charge in [-0.25, -0.2) is 0 Å². The van der Waals surface area contributed by atoms with Gasteiger partial charge in [0.25, 0.3) is 5.89 Å². The van der Waals surface area contributed by atoms with E-state index in [1.165, 1.54) is 0 Å². The summed E-state index contributed by atoms with van der Waals surface area (Å²) in [5, 5.41) is 4.58. The quantitative estimate of drug-likeness (QED) is 0.674. The van der Waals surface area contributed by atoms with E-state index in [0.29, 0.717) is 35.5 Å². The molecule has 6 nitrogen and oxygen atoms in total. The average Bonchev–Trinajstić information content (AvgIpc) is 3.29. The molecule has 4 rings (SSSR count). The Bertz CT molecular complexity index is 1000. The molecule has 0 spiro atoms. The summed E-state index contributed by atoms with van der Waals surface area (Å²) >= 11 is 6.19. The molecule has 1 saturated heterocycles. The number of aryl methyl sites for hydroxylation is 1. The maximum atomic E-state index is 12.5. The molecule has 0 aliphatic carbocycles. The van der Waals surface area contributed by atoms with Crippen LogP contribution < -0.4 is 9.64 Å². The third kappa shape index (κ3) is 3.28. The van der Waals surface area contributed by atoms with E-state index in [4.69, 9.17) is 20.9 Å². The van der Waals surface area contributed by atoms with Crippen molar-refractivity contribution < 1.29 is 14.1 Å². The van der Waals surface area contributed by atoms with Crippen LogP contribution in [0.2, 0.25) is 5.02 Å². The van der Waals surface area contributed by atoms with E-state index >= 15 is 0 Å². The van der Waals surface area contributed by atoms with Crippen molar-refractivity contribution in [2.45, 2.75) is 19.3 Å². The monoisotopic (exact) mass is 383 g/mol. The molecule has 1 atom stereocenters. The molecule has 27 heavy (non-hydrogen) atoms. The van der Waals surface area contributed by atoms with Crippen LogP contribution in [-0.2, 0) is 4.79 Å². The number of methoxy groups -OCH3 is 1. The summed E-state index contributed by atoms with van der Waals surface area (Å²) in [6, 6.07) is 13.1. The van der Waals surface area contributed by atoms with Crippen LogP contribution in [0, 0.1) is 6.92 Å². The van der Waals surface area contributed by atoms with Gasteiger partial charge in [-0.1, -0.05) is 35.0 Å². The minimum Gasteiger partial charge on any atom is -0.495 e. The first-order valence-electron chi connectivity index (χ1n) is 8.60. The molecule has 0 saturated carbocycles. The highest BCUT2D eigenvalue weighted by molar-refractivity contribution is 6.32. The van der Waals surface area contributed by atoms with E-state index in [2.05, 4.69) is 10.1 Å². The molecule has 0 radical (unpaired) electrons. The minimum absolute atomic E-state index is 0.00322. The fourth-order valence-corrected chi connectivity index (χ4v) is 3.53. The summed E-state index contributed by atoms with van der Waals surface area (Å²) in [5.41, 5.74) is 2.69. The van der Waals surface area contributed by atoms with Gasteiger partial charge in [0.1, 0.15) is 5.75 Å². The van der Waals surface area contributed by atoms with Gasteiger partial charge in [-0.3, -0.25) is 4.79 Å². The van der Waals surface area contributed by atoms with E-state index in [-0.39, 0.29) is 11.8 Å². The standard InChI is InChI=1S/C20H18ClN3O3/c1-12-5-3-4-6-15(12)20-22-19(23-27-20)13-9-18(25)24(11-13)14-7-8-17(26-2)16(21)10-14/h3-8,10,13H,9,11H2,1-2H3. The van der Waals surface area contributed by atoms with Crippen molar-refractivity contribution in [2.24, 2.45) is 0 Å². The number of anilines is 1. The second kappa shape index (κ2) is 7.04. The molecule has 138 valence electrons. The SMILES string of the molecule is COc1ccc(N2CC(c3noc(-c4ccccc4C)n3)CC2=O)cc1Cl. The van der Waals surface area contributed by atoms with Gasteiger partial charge in [0, 0.05) is 30.1 Å². The second-order valence-electron chi connectivity index (χ2n) is 6.50. The highest BCUT2D eigenvalue weighted by Gasteiger charge is 2.35. The molecule has 1 fully saturated rings. The smallest absolute Gasteiger partial charge is 0.258 e. The molecule has 0 bridgehead atoms. The van der Waals surface area contributed by atoms with E-state index < -0.39 is 0 Å².